The van der Waals surface area contributed by atoms with Gasteiger partial charge in [0.05, 0.1) is 66.6 Å². The second-order valence-electron chi connectivity index (χ2n) is 18.9. The van der Waals surface area contributed by atoms with E-state index in [2.05, 4.69) is 9.97 Å². The van der Waals surface area contributed by atoms with Crippen LogP contribution in [0.15, 0.2) is 165 Å². The minimum absolute atomic E-state index is 0.0165. The third kappa shape index (κ3) is 13.3. The SMILES string of the molecule is Cc1ccc(S(=O)(=O)N(CC(=O)O)c2ncc(N(CC(F)(F)F)S(=O)(=O)c3ccc(C(=O)C(F)(F)F)cc3)c3ccccc23)cc1-c1cc(S(=O)(=O)N(CC(F)(F)F)c2cnc(N(CC(=O)O)S(=O)(=O)c3ccc(C#N)cc3)c3ccccc23)ccc1C#N. The predicted molar refractivity (Wildman–Crippen MR) is 298 cm³/mol. The summed E-state index contributed by atoms with van der Waals surface area (Å²) in [5.41, 5.74) is -4.01. The molecular weight excluding hydrogens is 1280 g/mol. The second kappa shape index (κ2) is 24.0. The molecule has 0 bridgehead atoms. The first-order chi connectivity index (χ1) is 41.4. The summed E-state index contributed by atoms with van der Waals surface area (Å²) in [4.78, 5) is 41.0. The number of hydrogen-bond donors (Lipinski definition) is 2. The lowest BCUT2D eigenvalue weighted by Gasteiger charge is -2.29. The first-order valence-electron chi connectivity index (χ1n) is 24.7. The van der Waals surface area contributed by atoms with E-state index in [-0.39, 0.29) is 35.0 Å². The van der Waals surface area contributed by atoms with Crippen LogP contribution in [0.3, 0.4) is 0 Å². The van der Waals surface area contributed by atoms with Crippen molar-refractivity contribution in [3.8, 4) is 23.3 Å². The maximum Gasteiger partial charge on any atom is 0.454 e. The highest BCUT2D eigenvalue weighted by Crippen LogP contribution is 2.42. The fourth-order valence-corrected chi connectivity index (χ4v) is 14.8. The number of aryl methyl sites for hydroxylation is 1. The number of nitrogens with zero attached hydrogens (tertiary/aromatic N) is 8. The molecule has 2 aromatic heterocycles. The molecule has 0 aliphatic rings. The number of aliphatic carboxylic acids is 2. The molecule has 0 aliphatic heterocycles. The van der Waals surface area contributed by atoms with Crippen LogP contribution in [0.5, 0.6) is 0 Å². The van der Waals surface area contributed by atoms with E-state index in [4.69, 9.17) is 0 Å². The van der Waals surface area contributed by atoms with E-state index in [1.807, 2.05) is 0 Å². The molecule has 21 nitrogen and oxygen atoms in total. The number of sulfonamides is 4. The normalized spacial score (nSPS) is 12.4. The number of carbonyl (C=O) groups is 3. The number of carboxylic acids is 2. The zero-order valence-corrected chi connectivity index (χ0v) is 47.9. The molecule has 8 rings (SSSR count). The quantitative estimate of drug-likeness (QED) is 0.0530. The Balaban J connectivity index is 1.23. The number of aromatic nitrogens is 2. The minimum Gasteiger partial charge on any atom is -0.480 e. The highest BCUT2D eigenvalue weighted by molar-refractivity contribution is 7.93. The number of Topliss-reactive ketones (excluding diaryl/α,β-unsaturated/α-hetero) is 1. The third-order valence-electron chi connectivity index (χ3n) is 13.0. The van der Waals surface area contributed by atoms with Crippen molar-refractivity contribution in [3.05, 3.63) is 168 Å². The molecule has 2 N–H and O–H groups in total. The van der Waals surface area contributed by atoms with Crippen molar-refractivity contribution in [3.63, 3.8) is 0 Å². The molecule has 0 unspecified atom stereocenters. The van der Waals surface area contributed by atoms with Gasteiger partial charge in [-0.15, -0.1) is 0 Å². The van der Waals surface area contributed by atoms with Crippen LogP contribution in [0, 0.1) is 29.6 Å². The molecule has 6 aromatic carbocycles. The van der Waals surface area contributed by atoms with Crippen molar-refractivity contribution in [1.82, 2.24) is 9.97 Å². The summed E-state index contributed by atoms with van der Waals surface area (Å²) in [7, 11) is -21.4. The highest BCUT2D eigenvalue weighted by atomic mass is 32.2. The Morgan fingerprint density at radius 1 is 0.483 bits per heavy atom. The number of benzene rings is 6. The maximum atomic E-state index is 14.9. The number of halogens is 9. The molecule has 0 aliphatic carbocycles. The summed E-state index contributed by atoms with van der Waals surface area (Å²) >= 11 is 0. The van der Waals surface area contributed by atoms with Crippen LogP contribution in [0.1, 0.15) is 27.0 Å². The number of carboxylic acid groups (broad SMARTS) is 2. The monoisotopic (exact) mass is 1320 g/mol. The van der Waals surface area contributed by atoms with E-state index < -0.39 is 178 Å². The standard InChI is InChI=1S/C55H37F9N8O13S4/c1-32-10-16-38(88(82,83)70(29-49(75)76)52-43-9-5-2-6-40(43)46(26-68-52)71(30-53(56,57)58)87(80,81)37-19-13-34(14-20-37)50(77)55(62,63)64)22-44(32)45-23-39(21-15-35(45)25-66)89(84,85)72(31-54(59,60)61)47-27-67-51(42-8-4-3-7-41(42)47)69(28-48(73)74)86(78,79)36-17-11-33(24-65)12-18-36/h2-23,26-27H,28-31H2,1H3,(H,73,74)(H,75,76). The number of hydrogen-bond acceptors (Lipinski definition) is 15. The lowest BCUT2D eigenvalue weighted by molar-refractivity contribution is -0.136. The number of rotatable bonds is 20. The lowest BCUT2D eigenvalue weighted by Crippen LogP contribution is -2.40. The Kier molecular flexibility index (Phi) is 17.5. The van der Waals surface area contributed by atoms with Gasteiger partial charge in [-0.05, 0) is 96.9 Å². The first-order valence-corrected chi connectivity index (χ1v) is 30.5. The number of nitriles is 2. The Labute approximate surface area is 498 Å². The fourth-order valence-electron chi connectivity index (χ4n) is 9.05. The fraction of sp³-hybridized carbons (Fsp3) is 0.145. The van der Waals surface area contributed by atoms with Gasteiger partial charge in [-0.1, -0.05) is 54.6 Å². The molecule has 0 radical (unpaired) electrons. The van der Waals surface area contributed by atoms with Gasteiger partial charge in [0.2, 0.25) is 0 Å². The Hall–Kier alpha value is -9.90. The average molecular weight is 1320 g/mol. The molecule has 2 heterocycles. The highest BCUT2D eigenvalue weighted by Gasteiger charge is 2.43. The van der Waals surface area contributed by atoms with Gasteiger partial charge in [-0.3, -0.25) is 23.0 Å². The number of anilines is 4. The molecule has 0 saturated carbocycles. The number of carbonyl (C=O) groups excluding carboxylic acids is 1. The lowest BCUT2D eigenvalue weighted by atomic mass is 9.96. The predicted octanol–water partition coefficient (Wildman–Crippen LogP) is 9.32. The zero-order chi connectivity index (χ0) is 65.6. The Morgan fingerprint density at radius 2 is 0.854 bits per heavy atom. The van der Waals surface area contributed by atoms with Crippen LogP contribution in [0.25, 0.3) is 32.7 Å². The van der Waals surface area contributed by atoms with Crippen LogP contribution in [-0.2, 0) is 49.7 Å². The van der Waals surface area contributed by atoms with Crippen molar-refractivity contribution >= 4 is 102 Å². The number of alkyl halides is 9. The van der Waals surface area contributed by atoms with E-state index in [0.717, 1.165) is 84.9 Å². The van der Waals surface area contributed by atoms with Crippen molar-refractivity contribution in [2.45, 2.75) is 45.0 Å². The smallest absolute Gasteiger partial charge is 0.454 e. The van der Waals surface area contributed by atoms with Gasteiger partial charge < -0.3 is 10.2 Å². The van der Waals surface area contributed by atoms with Gasteiger partial charge in [0, 0.05) is 32.7 Å². The molecule has 8 aromatic rings. The molecule has 0 fully saturated rings. The third-order valence-corrected chi connectivity index (χ3v) is 20.1. The summed E-state index contributed by atoms with van der Waals surface area (Å²) < 4.78 is 243. The first kappa shape index (κ1) is 65.1. The van der Waals surface area contributed by atoms with Crippen molar-refractivity contribution in [2.24, 2.45) is 0 Å². The maximum absolute atomic E-state index is 14.9. The Bertz CT molecular complexity index is 4760. The number of pyridine rings is 2. The van der Waals surface area contributed by atoms with Gasteiger partial charge in [0.15, 0.2) is 11.6 Å². The molecule has 0 amide bonds. The summed E-state index contributed by atoms with van der Waals surface area (Å²) in [6.07, 6.45) is -15.2. The second-order valence-corrected chi connectivity index (χ2v) is 26.3. The van der Waals surface area contributed by atoms with E-state index >= 15 is 0 Å². The van der Waals surface area contributed by atoms with Gasteiger partial charge in [-0.25, -0.2) is 52.2 Å². The van der Waals surface area contributed by atoms with Crippen LogP contribution < -0.4 is 17.2 Å². The topological polar surface area (TPSA) is 315 Å². The van der Waals surface area contributed by atoms with Gasteiger partial charge in [0.1, 0.15) is 26.2 Å². The minimum atomic E-state index is -5.60. The molecule has 0 saturated heterocycles. The van der Waals surface area contributed by atoms with Crippen LogP contribution in [0.4, 0.5) is 62.5 Å². The van der Waals surface area contributed by atoms with E-state index in [9.17, 15) is 108 Å². The largest absolute Gasteiger partial charge is 0.480 e. The average Bonchev–Trinajstić information content (AvgIpc) is 1.24. The van der Waals surface area contributed by atoms with Gasteiger partial charge in [0.25, 0.3) is 45.9 Å². The van der Waals surface area contributed by atoms with Gasteiger partial charge in [-0.2, -0.15) is 50.0 Å². The van der Waals surface area contributed by atoms with Crippen LogP contribution >= 0.6 is 0 Å². The van der Waals surface area contributed by atoms with Gasteiger partial charge >= 0.3 is 30.5 Å². The van der Waals surface area contributed by atoms with Crippen molar-refractivity contribution in [2.75, 3.05) is 43.4 Å². The summed E-state index contributed by atoms with van der Waals surface area (Å²) in [5, 5.41) is 37.7. The van der Waals surface area contributed by atoms with Crippen molar-refractivity contribution in [1.29, 1.82) is 10.5 Å². The molecule has 34 heteroatoms. The Morgan fingerprint density at radius 3 is 1.26 bits per heavy atom. The zero-order valence-electron chi connectivity index (χ0n) is 44.7. The van der Waals surface area contributed by atoms with E-state index in [1.165, 1.54) is 25.1 Å². The number of ketones is 1. The summed E-state index contributed by atoms with van der Waals surface area (Å²) in [6, 6.07) is 23.5. The van der Waals surface area contributed by atoms with Crippen molar-refractivity contribution < 1.29 is 97.8 Å². The molecular formula is C55H37F9N8O13S4. The summed E-state index contributed by atoms with van der Waals surface area (Å²) in [5.74, 6) is -7.58. The molecule has 0 spiro atoms. The van der Waals surface area contributed by atoms with Crippen LogP contribution in [0.2, 0.25) is 0 Å². The number of fused-ring (bicyclic) bond motifs is 2. The van der Waals surface area contributed by atoms with E-state index in [1.54, 1.807) is 12.1 Å². The molecule has 89 heavy (non-hydrogen) atoms. The van der Waals surface area contributed by atoms with Crippen LogP contribution in [-0.4, -0.2) is 116 Å². The molecule has 462 valence electrons. The molecule has 0 atom stereocenters. The summed E-state index contributed by atoms with van der Waals surface area (Å²) in [6.45, 7) is -6.19. The van der Waals surface area contributed by atoms with E-state index in [0.29, 0.717) is 47.0 Å².